The Bertz CT molecular complexity index is 561. The van der Waals surface area contributed by atoms with Gasteiger partial charge in [-0.15, -0.1) is 0 Å². The van der Waals surface area contributed by atoms with Gasteiger partial charge in [0.15, 0.2) is 0 Å². The molecule has 0 aliphatic rings. The van der Waals surface area contributed by atoms with Gasteiger partial charge in [0.1, 0.15) is 13.2 Å². The van der Waals surface area contributed by atoms with Crippen LogP contribution in [0.25, 0.3) is 6.08 Å². The van der Waals surface area contributed by atoms with Crippen LogP contribution in [-0.4, -0.2) is 18.3 Å². The van der Waals surface area contributed by atoms with Crippen LogP contribution in [0.2, 0.25) is 5.02 Å². The first-order valence-corrected chi connectivity index (χ1v) is 5.17. The molecule has 1 aromatic heterocycles. The number of hydrogen-bond acceptors (Lipinski definition) is 4. The lowest BCUT2D eigenvalue weighted by Crippen LogP contribution is -2.05. The van der Waals surface area contributed by atoms with Crippen LogP contribution in [0.4, 0.5) is 13.2 Å². The van der Waals surface area contributed by atoms with Crippen molar-refractivity contribution in [2.45, 2.75) is 6.18 Å². The van der Waals surface area contributed by atoms with E-state index in [1.807, 2.05) is 0 Å². The van der Waals surface area contributed by atoms with E-state index in [4.69, 9.17) is 16.9 Å². The van der Waals surface area contributed by atoms with Crippen molar-refractivity contribution >= 4 is 23.9 Å². The lowest BCUT2D eigenvalue weighted by molar-refractivity contribution is -0.137. The Hall–Kier alpha value is -2.07. The van der Waals surface area contributed by atoms with Gasteiger partial charge in [-0.2, -0.15) is 18.4 Å². The van der Waals surface area contributed by atoms with E-state index in [0.29, 0.717) is 6.20 Å². The Labute approximate surface area is 111 Å². The Morgan fingerprint density at radius 3 is 2.74 bits per heavy atom. The molecule has 0 bridgehead atoms. The van der Waals surface area contributed by atoms with Crippen molar-refractivity contribution in [2.75, 3.05) is 7.11 Å². The molecule has 1 aromatic rings. The summed E-state index contributed by atoms with van der Waals surface area (Å²) in [6.07, 6.45) is -1.59. The number of allylic oxidation sites excluding steroid dienone is 1. The van der Waals surface area contributed by atoms with Crippen LogP contribution >= 0.6 is 11.6 Å². The third-order valence-corrected chi connectivity index (χ3v) is 2.22. The number of hydrogen-bond donors (Lipinski definition) is 0. The molecule has 0 unspecified atom stereocenters. The van der Waals surface area contributed by atoms with Crippen molar-refractivity contribution in [3.05, 3.63) is 34.1 Å². The zero-order chi connectivity index (χ0) is 14.5. The number of rotatable bonds is 3. The highest BCUT2D eigenvalue weighted by Gasteiger charge is 2.31. The molecule has 1 heterocycles. The molecule has 0 spiro atoms. The van der Waals surface area contributed by atoms with Crippen molar-refractivity contribution in [1.29, 1.82) is 5.26 Å². The minimum atomic E-state index is -4.52. The summed E-state index contributed by atoms with van der Waals surface area (Å²) >= 11 is 5.68. The van der Waals surface area contributed by atoms with Gasteiger partial charge in [-0.3, -0.25) is 4.98 Å². The van der Waals surface area contributed by atoms with Gasteiger partial charge in [-0.25, -0.2) is 0 Å². The Kier molecular flexibility index (Phi) is 4.89. The molecule has 1 rings (SSSR count). The van der Waals surface area contributed by atoms with E-state index in [2.05, 4.69) is 15.0 Å². The summed E-state index contributed by atoms with van der Waals surface area (Å²) in [5, 5.41) is 11.9. The average Bonchev–Trinajstić information content (AvgIpc) is 2.35. The van der Waals surface area contributed by atoms with Gasteiger partial charge < -0.3 is 4.84 Å². The molecule has 0 saturated heterocycles. The van der Waals surface area contributed by atoms with Crippen molar-refractivity contribution in [3.8, 4) is 6.07 Å². The van der Waals surface area contributed by atoms with Gasteiger partial charge in [0.05, 0.1) is 28.1 Å². The second kappa shape index (κ2) is 6.20. The van der Waals surface area contributed by atoms with E-state index in [1.165, 1.54) is 13.2 Å². The number of oxime groups is 1. The number of alkyl halides is 3. The van der Waals surface area contributed by atoms with Gasteiger partial charge in [0, 0.05) is 6.20 Å². The second-order valence-electron chi connectivity index (χ2n) is 3.22. The Morgan fingerprint density at radius 2 is 2.26 bits per heavy atom. The minimum Gasteiger partial charge on any atom is -0.399 e. The maximum Gasteiger partial charge on any atom is 0.417 e. The van der Waals surface area contributed by atoms with E-state index >= 15 is 0 Å². The summed E-state index contributed by atoms with van der Waals surface area (Å²) in [4.78, 5) is 7.94. The second-order valence-corrected chi connectivity index (χ2v) is 3.62. The van der Waals surface area contributed by atoms with Gasteiger partial charge >= 0.3 is 6.18 Å². The smallest absolute Gasteiger partial charge is 0.399 e. The fraction of sp³-hybridized carbons (Fsp3) is 0.182. The van der Waals surface area contributed by atoms with Gasteiger partial charge in [-0.05, 0) is 12.1 Å². The number of pyridine rings is 1. The molecule has 0 N–H and O–H groups in total. The van der Waals surface area contributed by atoms with Crippen LogP contribution in [-0.2, 0) is 11.0 Å². The van der Waals surface area contributed by atoms with Crippen LogP contribution in [0, 0.1) is 11.3 Å². The summed E-state index contributed by atoms with van der Waals surface area (Å²) in [5.74, 6) is 0. The van der Waals surface area contributed by atoms with E-state index < -0.39 is 11.7 Å². The Balaban J connectivity index is 3.14. The minimum absolute atomic E-state index is 0.0359. The summed E-state index contributed by atoms with van der Waals surface area (Å²) in [7, 11) is 1.29. The predicted molar refractivity (Wildman–Crippen MR) is 63.3 cm³/mol. The van der Waals surface area contributed by atoms with E-state index in [1.54, 1.807) is 6.07 Å². The molecule has 0 aromatic carbocycles. The highest BCUT2D eigenvalue weighted by atomic mass is 35.5. The zero-order valence-electron chi connectivity index (χ0n) is 9.57. The first-order valence-electron chi connectivity index (χ1n) is 4.79. The zero-order valence-corrected chi connectivity index (χ0v) is 10.3. The SMILES string of the molecule is CO/N=C\C(C#N)=C\c1ncc(C(F)(F)F)cc1Cl. The van der Waals surface area contributed by atoms with Crippen molar-refractivity contribution < 1.29 is 18.0 Å². The normalized spacial score (nSPS) is 12.5. The third-order valence-electron chi connectivity index (χ3n) is 1.92. The van der Waals surface area contributed by atoms with Gasteiger partial charge in [0.25, 0.3) is 0 Å². The number of nitrogens with zero attached hydrogens (tertiary/aromatic N) is 3. The monoisotopic (exact) mass is 289 g/mol. The first-order chi connectivity index (χ1) is 8.88. The van der Waals surface area contributed by atoms with Crippen LogP contribution in [0.15, 0.2) is 23.0 Å². The first kappa shape index (κ1) is 15.0. The molecule has 0 radical (unpaired) electrons. The molecule has 0 amide bonds. The largest absolute Gasteiger partial charge is 0.417 e. The molecular weight excluding hydrogens is 283 g/mol. The van der Waals surface area contributed by atoms with Crippen molar-refractivity contribution in [1.82, 2.24) is 4.98 Å². The quantitative estimate of drug-likeness (QED) is 0.487. The predicted octanol–water partition coefficient (Wildman–Crippen LogP) is 3.29. The number of aromatic nitrogens is 1. The summed E-state index contributed by atoms with van der Waals surface area (Å²) in [5.41, 5.74) is -0.886. The summed E-state index contributed by atoms with van der Waals surface area (Å²) in [6.45, 7) is 0. The standard InChI is InChI=1S/C11H7ClF3N3O/c1-19-18-5-7(4-16)2-10-9(12)3-8(6-17-10)11(13,14)15/h2-3,5-6H,1H3/b7-2+,18-5-. The van der Waals surface area contributed by atoms with E-state index in [-0.39, 0.29) is 16.3 Å². The highest BCUT2D eigenvalue weighted by molar-refractivity contribution is 6.32. The third kappa shape index (κ3) is 4.26. The Morgan fingerprint density at radius 1 is 1.58 bits per heavy atom. The van der Waals surface area contributed by atoms with E-state index in [0.717, 1.165) is 12.3 Å². The molecular formula is C11H7ClF3N3O. The molecule has 0 aliphatic carbocycles. The maximum atomic E-state index is 12.4. The van der Waals surface area contributed by atoms with Crippen LogP contribution in [0.3, 0.4) is 0 Å². The molecule has 0 fully saturated rings. The average molecular weight is 290 g/mol. The van der Waals surface area contributed by atoms with Crippen LogP contribution < -0.4 is 0 Å². The molecule has 0 aliphatic heterocycles. The molecule has 0 atom stereocenters. The lowest BCUT2D eigenvalue weighted by atomic mass is 10.2. The molecule has 4 nitrogen and oxygen atoms in total. The molecule has 19 heavy (non-hydrogen) atoms. The summed E-state index contributed by atoms with van der Waals surface area (Å²) < 4.78 is 37.2. The number of nitriles is 1. The highest BCUT2D eigenvalue weighted by Crippen LogP contribution is 2.31. The topological polar surface area (TPSA) is 58.3 Å². The van der Waals surface area contributed by atoms with Crippen LogP contribution in [0.1, 0.15) is 11.3 Å². The van der Waals surface area contributed by atoms with Gasteiger partial charge in [-0.1, -0.05) is 16.8 Å². The van der Waals surface area contributed by atoms with E-state index in [9.17, 15) is 13.2 Å². The molecule has 100 valence electrons. The van der Waals surface area contributed by atoms with Crippen molar-refractivity contribution in [3.63, 3.8) is 0 Å². The molecule has 0 saturated carbocycles. The number of halogens is 4. The maximum absolute atomic E-state index is 12.4. The lowest BCUT2D eigenvalue weighted by Gasteiger charge is -2.07. The summed E-state index contributed by atoms with van der Waals surface area (Å²) in [6, 6.07) is 2.51. The van der Waals surface area contributed by atoms with Crippen molar-refractivity contribution in [2.24, 2.45) is 5.16 Å². The fourth-order valence-electron chi connectivity index (χ4n) is 1.06. The van der Waals surface area contributed by atoms with Crippen LogP contribution in [0.5, 0.6) is 0 Å². The van der Waals surface area contributed by atoms with Gasteiger partial charge in [0.2, 0.25) is 0 Å². The fourth-order valence-corrected chi connectivity index (χ4v) is 1.29. The molecule has 8 heteroatoms.